The van der Waals surface area contributed by atoms with Crippen LogP contribution in [0.25, 0.3) is 11.1 Å². The van der Waals surface area contributed by atoms with Gasteiger partial charge in [-0.3, -0.25) is 0 Å². The van der Waals surface area contributed by atoms with Crippen LogP contribution in [0.4, 0.5) is 0 Å². The van der Waals surface area contributed by atoms with Gasteiger partial charge in [0.15, 0.2) is 0 Å². The van der Waals surface area contributed by atoms with Crippen LogP contribution in [0.5, 0.6) is 0 Å². The highest BCUT2D eigenvalue weighted by atomic mass is 35.5. The van der Waals surface area contributed by atoms with Crippen LogP contribution in [-0.2, 0) is 0 Å². The fraction of sp³-hybridized carbons (Fsp3) is 0.0588. The second-order valence-corrected chi connectivity index (χ2v) is 5.08. The molecule has 3 aromatic rings. The van der Waals surface area contributed by atoms with E-state index in [1.807, 2.05) is 54.9 Å². The highest BCUT2D eigenvalue weighted by Gasteiger charge is 2.16. The molecule has 1 heterocycles. The Morgan fingerprint density at radius 2 is 1.60 bits per heavy atom. The Morgan fingerprint density at radius 1 is 0.900 bits per heavy atom. The standard InChI is InChI=1S/C17H14ClNO/c18-14-8-6-13(7-9-14)17(20)16-11-19-10-15(16)12-4-2-1-3-5-12/h1-11,17,19-20H. The molecule has 2 N–H and O–H groups in total. The Balaban J connectivity index is 1.99. The van der Waals surface area contributed by atoms with Gasteiger partial charge in [0, 0.05) is 28.5 Å². The highest BCUT2D eigenvalue weighted by molar-refractivity contribution is 6.30. The Morgan fingerprint density at radius 3 is 2.30 bits per heavy atom. The van der Waals surface area contributed by atoms with Crippen LogP contribution in [0.2, 0.25) is 5.02 Å². The summed E-state index contributed by atoms with van der Waals surface area (Å²) in [4.78, 5) is 3.07. The maximum atomic E-state index is 10.6. The van der Waals surface area contributed by atoms with E-state index in [4.69, 9.17) is 11.6 Å². The molecule has 1 unspecified atom stereocenters. The first-order chi connectivity index (χ1) is 9.75. The maximum absolute atomic E-state index is 10.6. The molecule has 1 atom stereocenters. The third-order valence-electron chi connectivity index (χ3n) is 3.34. The minimum atomic E-state index is -0.672. The lowest BCUT2D eigenvalue weighted by Gasteiger charge is -2.12. The summed E-state index contributed by atoms with van der Waals surface area (Å²) in [5, 5.41) is 11.2. The van der Waals surface area contributed by atoms with Gasteiger partial charge in [0.25, 0.3) is 0 Å². The molecule has 0 aliphatic rings. The number of aromatic amines is 1. The van der Waals surface area contributed by atoms with Crippen molar-refractivity contribution in [2.75, 3.05) is 0 Å². The average Bonchev–Trinajstić information content (AvgIpc) is 2.97. The largest absolute Gasteiger partial charge is 0.384 e. The zero-order chi connectivity index (χ0) is 13.9. The molecule has 1 aromatic heterocycles. The van der Waals surface area contributed by atoms with E-state index in [0.29, 0.717) is 5.02 Å². The molecular weight excluding hydrogens is 270 g/mol. The van der Waals surface area contributed by atoms with Crippen LogP contribution >= 0.6 is 11.6 Å². The van der Waals surface area contributed by atoms with E-state index in [0.717, 1.165) is 22.3 Å². The van der Waals surface area contributed by atoms with Gasteiger partial charge in [-0.15, -0.1) is 0 Å². The van der Waals surface area contributed by atoms with Crippen molar-refractivity contribution in [2.24, 2.45) is 0 Å². The van der Waals surface area contributed by atoms with Gasteiger partial charge < -0.3 is 10.1 Å². The van der Waals surface area contributed by atoms with Gasteiger partial charge in [0.1, 0.15) is 6.10 Å². The molecule has 0 radical (unpaired) electrons. The summed E-state index contributed by atoms with van der Waals surface area (Å²) in [5.41, 5.74) is 3.77. The summed E-state index contributed by atoms with van der Waals surface area (Å²) in [6, 6.07) is 17.3. The average molecular weight is 284 g/mol. The van der Waals surface area contributed by atoms with Crippen LogP contribution in [-0.4, -0.2) is 10.1 Å². The lowest BCUT2D eigenvalue weighted by molar-refractivity contribution is 0.221. The number of benzene rings is 2. The lowest BCUT2D eigenvalue weighted by atomic mass is 9.97. The second kappa shape index (κ2) is 5.53. The van der Waals surface area contributed by atoms with Gasteiger partial charge in [0.05, 0.1) is 0 Å². The van der Waals surface area contributed by atoms with Gasteiger partial charge in [-0.1, -0.05) is 54.1 Å². The van der Waals surface area contributed by atoms with E-state index >= 15 is 0 Å². The molecule has 2 aromatic carbocycles. The first kappa shape index (κ1) is 13.0. The molecule has 0 spiro atoms. The molecular formula is C17H14ClNO. The third kappa shape index (κ3) is 2.48. The molecule has 2 nitrogen and oxygen atoms in total. The number of nitrogens with one attached hydrogen (secondary N) is 1. The van der Waals surface area contributed by atoms with Gasteiger partial charge in [-0.2, -0.15) is 0 Å². The molecule has 3 rings (SSSR count). The number of aliphatic hydroxyl groups is 1. The number of halogens is 1. The lowest BCUT2D eigenvalue weighted by Crippen LogP contribution is -1.99. The van der Waals surface area contributed by atoms with Crippen LogP contribution in [0.3, 0.4) is 0 Å². The minimum Gasteiger partial charge on any atom is -0.384 e. The molecule has 0 saturated heterocycles. The van der Waals surface area contributed by atoms with E-state index in [1.54, 1.807) is 12.1 Å². The number of aromatic nitrogens is 1. The van der Waals surface area contributed by atoms with Crippen molar-refractivity contribution in [2.45, 2.75) is 6.10 Å². The highest BCUT2D eigenvalue weighted by Crippen LogP contribution is 2.31. The predicted octanol–water partition coefficient (Wildman–Crippen LogP) is 4.42. The molecule has 100 valence electrons. The molecule has 0 aliphatic heterocycles. The second-order valence-electron chi connectivity index (χ2n) is 4.64. The Kier molecular flexibility index (Phi) is 3.59. The van der Waals surface area contributed by atoms with Gasteiger partial charge in [0.2, 0.25) is 0 Å². The van der Waals surface area contributed by atoms with E-state index in [-0.39, 0.29) is 0 Å². The van der Waals surface area contributed by atoms with Crippen LogP contribution in [0.15, 0.2) is 67.0 Å². The van der Waals surface area contributed by atoms with Crippen LogP contribution in [0.1, 0.15) is 17.2 Å². The molecule has 0 bridgehead atoms. The van der Waals surface area contributed by atoms with Crippen molar-refractivity contribution in [3.63, 3.8) is 0 Å². The smallest absolute Gasteiger partial charge is 0.106 e. The molecule has 20 heavy (non-hydrogen) atoms. The number of H-pyrrole nitrogens is 1. The Bertz CT molecular complexity index is 689. The van der Waals surface area contributed by atoms with Crippen LogP contribution in [0, 0.1) is 0 Å². The fourth-order valence-corrected chi connectivity index (χ4v) is 2.42. The zero-order valence-electron chi connectivity index (χ0n) is 10.8. The summed E-state index contributed by atoms with van der Waals surface area (Å²) in [6.07, 6.45) is 3.07. The third-order valence-corrected chi connectivity index (χ3v) is 3.59. The Hall–Kier alpha value is -2.03. The van der Waals surface area contributed by atoms with E-state index in [1.165, 1.54) is 0 Å². The summed E-state index contributed by atoms with van der Waals surface area (Å²) >= 11 is 5.88. The van der Waals surface area contributed by atoms with Gasteiger partial charge in [-0.05, 0) is 23.3 Å². The van der Waals surface area contributed by atoms with Crippen molar-refractivity contribution in [1.82, 2.24) is 4.98 Å². The van der Waals surface area contributed by atoms with Crippen molar-refractivity contribution < 1.29 is 5.11 Å². The monoisotopic (exact) mass is 283 g/mol. The summed E-state index contributed by atoms with van der Waals surface area (Å²) < 4.78 is 0. The summed E-state index contributed by atoms with van der Waals surface area (Å²) in [5.74, 6) is 0. The first-order valence-electron chi connectivity index (χ1n) is 6.41. The predicted molar refractivity (Wildman–Crippen MR) is 81.7 cm³/mol. The molecule has 0 saturated carbocycles. The van der Waals surface area contributed by atoms with Gasteiger partial charge >= 0.3 is 0 Å². The topological polar surface area (TPSA) is 36.0 Å². The first-order valence-corrected chi connectivity index (χ1v) is 6.79. The summed E-state index contributed by atoms with van der Waals surface area (Å²) in [7, 11) is 0. The van der Waals surface area contributed by atoms with Crippen LogP contribution < -0.4 is 0 Å². The Labute approximate surface area is 122 Å². The molecule has 0 fully saturated rings. The van der Waals surface area contributed by atoms with E-state index in [2.05, 4.69) is 4.98 Å². The van der Waals surface area contributed by atoms with E-state index in [9.17, 15) is 5.11 Å². The number of hydrogen-bond donors (Lipinski definition) is 2. The quantitative estimate of drug-likeness (QED) is 0.733. The van der Waals surface area contributed by atoms with Gasteiger partial charge in [-0.25, -0.2) is 0 Å². The molecule has 3 heteroatoms. The molecule has 0 amide bonds. The molecule has 0 aliphatic carbocycles. The SMILES string of the molecule is OC(c1ccc(Cl)cc1)c1c[nH]cc1-c1ccccc1. The fourth-order valence-electron chi connectivity index (χ4n) is 2.29. The van der Waals surface area contributed by atoms with Crippen molar-refractivity contribution >= 4 is 11.6 Å². The normalized spacial score (nSPS) is 12.3. The maximum Gasteiger partial charge on any atom is 0.106 e. The van der Waals surface area contributed by atoms with Crippen molar-refractivity contribution in [3.05, 3.63) is 83.1 Å². The number of hydrogen-bond acceptors (Lipinski definition) is 1. The van der Waals surface area contributed by atoms with E-state index < -0.39 is 6.10 Å². The summed E-state index contributed by atoms with van der Waals surface area (Å²) in [6.45, 7) is 0. The zero-order valence-corrected chi connectivity index (χ0v) is 11.5. The minimum absolute atomic E-state index is 0.665. The van der Waals surface area contributed by atoms with Crippen molar-refractivity contribution in [1.29, 1.82) is 0 Å². The van der Waals surface area contributed by atoms with Crippen molar-refractivity contribution in [3.8, 4) is 11.1 Å². The number of rotatable bonds is 3. The number of aliphatic hydroxyl groups excluding tert-OH is 1.